The van der Waals surface area contributed by atoms with Gasteiger partial charge in [0.15, 0.2) is 0 Å². The van der Waals surface area contributed by atoms with Crippen LogP contribution in [0.5, 0.6) is 0 Å². The number of aliphatic hydroxyl groups is 1. The van der Waals surface area contributed by atoms with E-state index in [0.29, 0.717) is 42.3 Å². The minimum Gasteiger partial charge on any atom is -0.386 e. The van der Waals surface area contributed by atoms with Crippen molar-refractivity contribution in [1.82, 2.24) is 15.5 Å². The minimum atomic E-state index is -1.06. The number of aromatic nitrogens is 2. The van der Waals surface area contributed by atoms with E-state index in [0.717, 1.165) is 6.20 Å². The molecule has 0 spiro atoms. The topological polar surface area (TPSA) is 91.5 Å². The van der Waals surface area contributed by atoms with Gasteiger partial charge in [-0.2, -0.15) is 0 Å². The molecule has 2 aromatic rings. The van der Waals surface area contributed by atoms with Gasteiger partial charge in [-0.05, 0) is 32.4 Å². The van der Waals surface area contributed by atoms with Crippen LogP contribution in [0.2, 0.25) is 0 Å². The van der Waals surface area contributed by atoms with Crippen LogP contribution in [0.15, 0.2) is 22.9 Å². The average Bonchev–Trinajstić information content (AvgIpc) is 3.10. The van der Waals surface area contributed by atoms with E-state index < -0.39 is 11.4 Å². The first-order valence-electron chi connectivity index (χ1n) is 7.68. The number of β-amino-alcohol motifs (C(OH)–C–C–N with tert-alkyl or cyclic N) is 1. The van der Waals surface area contributed by atoms with Crippen LogP contribution in [0.3, 0.4) is 0 Å². The number of rotatable bonds is 4. The lowest BCUT2D eigenvalue weighted by atomic mass is 10.0. The predicted octanol–water partition coefficient (Wildman–Crippen LogP) is 1.20. The number of carbonyl (C=O) groups is 1. The molecule has 1 amide bonds. The minimum absolute atomic E-state index is 0.105. The molecule has 3 rings (SSSR count). The zero-order valence-electron chi connectivity index (χ0n) is 13.5. The number of nitrogens with zero attached hydrogens (tertiary/aromatic N) is 3. The first kappa shape index (κ1) is 16.4. The number of hydrogen-bond donors (Lipinski definition) is 2. The highest BCUT2D eigenvalue weighted by Crippen LogP contribution is 2.25. The Bertz CT molecular complexity index is 727. The van der Waals surface area contributed by atoms with Gasteiger partial charge in [-0.3, -0.25) is 4.79 Å². The largest absolute Gasteiger partial charge is 0.386 e. The molecule has 0 bridgehead atoms. The zero-order chi connectivity index (χ0) is 17.3. The van der Waals surface area contributed by atoms with E-state index in [1.165, 1.54) is 6.07 Å². The van der Waals surface area contributed by atoms with Gasteiger partial charge in [0, 0.05) is 19.6 Å². The number of carbonyl (C=O) groups excluding carboxylic acids is 1. The van der Waals surface area contributed by atoms with Crippen LogP contribution in [0.25, 0.3) is 0 Å². The lowest BCUT2D eigenvalue weighted by Crippen LogP contribution is -2.45. The SMILES string of the molecule is Cc1noc(C)c1C(=O)NC[C@@]1(O)CCN(c2ccc(F)cn2)C1. The zero-order valence-corrected chi connectivity index (χ0v) is 13.5. The van der Waals surface area contributed by atoms with Gasteiger partial charge in [0.2, 0.25) is 0 Å². The Morgan fingerprint density at radius 3 is 2.92 bits per heavy atom. The molecular formula is C16H19FN4O3. The van der Waals surface area contributed by atoms with Crippen LogP contribution in [0.1, 0.15) is 28.2 Å². The fourth-order valence-corrected chi connectivity index (χ4v) is 2.89. The molecule has 7 nitrogen and oxygen atoms in total. The van der Waals surface area contributed by atoms with Crippen LogP contribution in [-0.2, 0) is 0 Å². The molecule has 0 aromatic carbocycles. The van der Waals surface area contributed by atoms with Crippen molar-refractivity contribution in [2.24, 2.45) is 0 Å². The maximum Gasteiger partial charge on any atom is 0.256 e. The highest BCUT2D eigenvalue weighted by atomic mass is 19.1. The second-order valence-electron chi connectivity index (χ2n) is 6.11. The van der Waals surface area contributed by atoms with Crippen molar-refractivity contribution >= 4 is 11.7 Å². The van der Waals surface area contributed by atoms with Crippen LogP contribution < -0.4 is 10.2 Å². The summed E-state index contributed by atoms with van der Waals surface area (Å²) in [4.78, 5) is 18.1. The molecule has 0 unspecified atom stereocenters. The fraction of sp³-hybridized carbons (Fsp3) is 0.438. The first-order chi connectivity index (χ1) is 11.4. The number of pyridine rings is 1. The van der Waals surface area contributed by atoms with Gasteiger partial charge in [0.1, 0.15) is 28.6 Å². The molecule has 2 aromatic heterocycles. The van der Waals surface area contributed by atoms with Gasteiger partial charge in [-0.1, -0.05) is 5.16 Å². The molecule has 1 saturated heterocycles. The van der Waals surface area contributed by atoms with Crippen molar-refractivity contribution in [3.8, 4) is 0 Å². The smallest absolute Gasteiger partial charge is 0.256 e. The molecule has 1 aliphatic heterocycles. The molecule has 0 aliphatic carbocycles. The Labute approximate surface area is 138 Å². The monoisotopic (exact) mass is 334 g/mol. The van der Waals surface area contributed by atoms with Gasteiger partial charge in [-0.25, -0.2) is 9.37 Å². The first-order valence-corrected chi connectivity index (χ1v) is 7.68. The second-order valence-corrected chi connectivity index (χ2v) is 6.11. The van der Waals surface area contributed by atoms with E-state index in [9.17, 15) is 14.3 Å². The van der Waals surface area contributed by atoms with Crippen molar-refractivity contribution in [1.29, 1.82) is 0 Å². The highest BCUT2D eigenvalue weighted by Gasteiger charge is 2.37. The Morgan fingerprint density at radius 1 is 1.50 bits per heavy atom. The van der Waals surface area contributed by atoms with Crippen LogP contribution in [0.4, 0.5) is 10.2 Å². The van der Waals surface area contributed by atoms with E-state index in [4.69, 9.17) is 4.52 Å². The van der Waals surface area contributed by atoms with Crippen LogP contribution in [-0.4, -0.2) is 46.4 Å². The molecule has 0 radical (unpaired) electrons. The summed E-state index contributed by atoms with van der Waals surface area (Å²) in [7, 11) is 0. The summed E-state index contributed by atoms with van der Waals surface area (Å²) in [6.07, 6.45) is 1.62. The highest BCUT2D eigenvalue weighted by molar-refractivity contribution is 5.96. The molecule has 3 heterocycles. The molecule has 0 saturated carbocycles. The van der Waals surface area contributed by atoms with Gasteiger partial charge in [0.25, 0.3) is 5.91 Å². The van der Waals surface area contributed by atoms with E-state index in [1.807, 2.05) is 4.90 Å². The Morgan fingerprint density at radius 2 is 2.29 bits per heavy atom. The standard InChI is InChI=1S/C16H19FN4O3/c1-10-14(11(2)24-20-10)15(22)19-8-16(23)5-6-21(9-16)13-4-3-12(17)7-18-13/h3-4,7,23H,5-6,8-9H2,1-2H3,(H,19,22)/t16-/m0/s1. The van der Waals surface area contributed by atoms with Crippen LogP contribution in [0, 0.1) is 19.7 Å². The number of amides is 1. The molecule has 8 heteroatoms. The summed E-state index contributed by atoms with van der Waals surface area (Å²) in [6.45, 7) is 4.36. The van der Waals surface area contributed by atoms with Crippen molar-refractivity contribution in [3.05, 3.63) is 41.2 Å². The van der Waals surface area contributed by atoms with Crippen molar-refractivity contribution < 1.29 is 18.8 Å². The number of hydrogen-bond acceptors (Lipinski definition) is 6. The second kappa shape index (κ2) is 6.20. The van der Waals surface area contributed by atoms with Gasteiger partial charge < -0.3 is 19.8 Å². The number of nitrogens with one attached hydrogen (secondary N) is 1. The number of halogens is 1. The van der Waals surface area contributed by atoms with Gasteiger partial charge in [0.05, 0.1) is 11.9 Å². The van der Waals surface area contributed by atoms with Crippen LogP contribution >= 0.6 is 0 Å². The third kappa shape index (κ3) is 3.23. The molecule has 1 fully saturated rings. The van der Waals surface area contributed by atoms with Crippen molar-refractivity contribution in [3.63, 3.8) is 0 Å². The van der Waals surface area contributed by atoms with E-state index in [1.54, 1.807) is 19.9 Å². The summed E-state index contributed by atoms with van der Waals surface area (Å²) in [5.41, 5.74) is -0.153. The molecular weight excluding hydrogens is 315 g/mol. The normalized spacial score (nSPS) is 20.4. The summed E-state index contributed by atoms with van der Waals surface area (Å²) >= 11 is 0. The Hall–Kier alpha value is -2.48. The molecule has 128 valence electrons. The predicted molar refractivity (Wildman–Crippen MR) is 84.3 cm³/mol. The van der Waals surface area contributed by atoms with E-state index in [-0.39, 0.29) is 12.5 Å². The fourth-order valence-electron chi connectivity index (χ4n) is 2.89. The summed E-state index contributed by atoms with van der Waals surface area (Å²) < 4.78 is 17.9. The molecule has 1 atom stereocenters. The number of aryl methyl sites for hydroxylation is 2. The van der Waals surface area contributed by atoms with Crippen molar-refractivity contribution in [2.75, 3.05) is 24.5 Å². The molecule has 1 aliphatic rings. The molecule has 2 N–H and O–H groups in total. The lowest BCUT2D eigenvalue weighted by molar-refractivity contribution is 0.0575. The lowest BCUT2D eigenvalue weighted by Gasteiger charge is -2.24. The number of anilines is 1. The summed E-state index contributed by atoms with van der Waals surface area (Å²) in [5, 5.41) is 17.1. The maximum atomic E-state index is 12.9. The Kier molecular flexibility index (Phi) is 4.23. The van der Waals surface area contributed by atoms with Gasteiger partial charge in [-0.15, -0.1) is 0 Å². The quantitative estimate of drug-likeness (QED) is 0.873. The van der Waals surface area contributed by atoms with Gasteiger partial charge >= 0.3 is 0 Å². The van der Waals surface area contributed by atoms with E-state index in [2.05, 4.69) is 15.5 Å². The van der Waals surface area contributed by atoms with E-state index >= 15 is 0 Å². The third-order valence-corrected chi connectivity index (χ3v) is 4.21. The Balaban J connectivity index is 1.61. The molecule has 24 heavy (non-hydrogen) atoms. The third-order valence-electron chi connectivity index (χ3n) is 4.21. The van der Waals surface area contributed by atoms with Crippen molar-refractivity contribution in [2.45, 2.75) is 25.9 Å². The maximum absolute atomic E-state index is 12.9. The average molecular weight is 334 g/mol. The summed E-state index contributed by atoms with van der Waals surface area (Å²) in [6, 6.07) is 2.91. The summed E-state index contributed by atoms with van der Waals surface area (Å²) in [5.74, 6) is 0.322.